The summed E-state index contributed by atoms with van der Waals surface area (Å²) in [6, 6.07) is 6.06. The molecule has 2 rings (SSSR count). The second kappa shape index (κ2) is 4.76. The van der Waals surface area contributed by atoms with Crippen molar-refractivity contribution >= 4 is 22.7 Å². The largest absolute Gasteiger partial charge is 0.398 e. The third-order valence-electron chi connectivity index (χ3n) is 3.22. The van der Waals surface area contributed by atoms with Crippen LogP contribution in [0.2, 0.25) is 0 Å². The van der Waals surface area contributed by atoms with Gasteiger partial charge in [-0.05, 0) is 61.7 Å². The van der Waals surface area contributed by atoms with E-state index in [0.29, 0.717) is 5.70 Å². The van der Waals surface area contributed by atoms with E-state index in [1.807, 2.05) is 32.9 Å². The number of rotatable bonds is 2. The number of fused-ring (bicyclic) bond motifs is 1. The Morgan fingerprint density at radius 2 is 1.84 bits per heavy atom. The van der Waals surface area contributed by atoms with Crippen molar-refractivity contribution in [2.24, 2.45) is 5.73 Å². The molecule has 98 valence electrons. The number of pyridine rings is 1. The molecule has 2 aromatic rings. The Morgan fingerprint density at radius 1 is 1.21 bits per heavy atom. The monoisotopic (exact) mass is 253 g/mol. The first kappa shape index (κ1) is 13.1. The van der Waals surface area contributed by atoms with Crippen molar-refractivity contribution < 1.29 is 0 Å². The van der Waals surface area contributed by atoms with E-state index in [9.17, 15) is 0 Å². The second-order valence-electron chi connectivity index (χ2n) is 4.97. The summed E-state index contributed by atoms with van der Waals surface area (Å²) in [5.41, 5.74) is 18.0. The summed E-state index contributed by atoms with van der Waals surface area (Å²) >= 11 is 0. The average Bonchev–Trinajstić information content (AvgIpc) is 2.32. The highest BCUT2D eigenvalue weighted by molar-refractivity contribution is 5.85. The van der Waals surface area contributed by atoms with Gasteiger partial charge < -0.3 is 11.5 Å². The summed E-state index contributed by atoms with van der Waals surface area (Å²) in [5, 5.41) is 1.09. The zero-order valence-electron chi connectivity index (χ0n) is 11.6. The van der Waals surface area contributed by atoms with E-state index in [1.54, 1.807) is 0 Å². The zero-order valence-corrected chi connectivity index (χ0v) is 11.6. The Hall–Kier alpha value is -2.29. The van der Waals surface area contributed by atoms with Crippen molar-refractivity contribution in [2.75, 3.05) is 5.73 Å². The van der Waals surface area contributed by atoms with Crippen molar-refractivity contribution in [3.05, 3.63) is 52.9 Å². The first-order valence-electron chi connectivity index (χ1n) is 6.19. The lowest BCUT2D eigenvalue weighted by Gasteiger charge is -2.08. The lowest BCUT2D eigenvalue weighted by molar-refractivity contribution is 1.26. The second-order valence-corrected chi connectivity index (χ2v) is 4.97. The van der Waals surface area contributed by atoms with Gasteiger partial charge in [-0.1, -0.05) is 6.58 Å². The van der Waals surface area contributed by atoms with E-state index in [-0.39, 0.29) is 0 Å². The number of nitrogen functional groups attached to an aromatic ring is 1. The van der Waals surface area contributed by atoms with Gasteiger partial charge in [0.05, 0.1) is 11.2 Å². The molecular formula is C16H19N3. The van der Waals surface area contributed by atoms with Gasteiger partial charge in [-0.25, -0.2) is 4.98 Å². The lowest BCUT2D eigenvalue weighted by atomic mass is 10.1. The van der Waals surface area contributed by atoms with Crippen LogP contribution in [0.1, 0.15) is 23.7 Å². The van der Waals surface area contributed by atoms with Crippen LogP contribution < -0.4 is 11.5 Å². The molecule has 0 aliphatic carbocycles. The minimum Gasteiger partial charge on any atom is -0.398 e. The fraction of sp³-hybridized carbons (Fsp3) is 0.188. The smallest absolute Gasteiger partial charge is 0.0730 e. The van der Waals surface area contributed by atoms with E-state index in [4.69, 9.17) is 11.5 Å². The Morgan fingerprint density at radius 3 is 2.47 bits per heavy atom. The van der Waals surface area contributed by atoms with Crippen LogP contribution in [0.25, 0.3) is 17.0 Å². The molecule has 0 amide bonds. The highest BCUT2D eigenvalue weighted by Crippen LogP contribution is 2.23. The van der Waals surface area contributed by atoms with Gasteiger partial charge in [0.1, 0.15) is 0 Å². The van der Waals surface area contributed by atoms with Crippen molar-refractivity contribution in [3.8, 4) is 0 Å². The third-order valence-corrected chi connectivity index (χ3v) is 3.22. The summed E-state index contributed by atoms with van der Waals surface area (Å²) < 4.78 is 0. The number of benzene rings is 1. The molecule has 3 heteroatoms. The number of aromatic nitrogens is 1. The van der Waals surface area contributed by atoms with Crippen LogP contribution in [0.5, 0.6) is 0 Å². The normalized spacial score (nSPS) is 11.8. The predicted molar refractivity (Wildman–Crippen MR) is 82.6 cm³/mol. The zero-order chi connectivity index (χ0) is 14.2. The molecule has 19 heavy (non-hydrogen) atoms. The molecular weight excluding hydrogens is 234 g/mol. The molecule has 0 fully saturated rings. The number of nitrogens with two attached hydrogens (primary N) is 2. The molecule has 0 saturated heterocycles. The van der Waals surface area contributed by atoms with Gasteiger partial charge in [-0.2, -0.15) is 0 Å². The van der Waals surface area contributed by atoms with E-state index in [2.05, 4.69) is 23.7 Å². The average molecular weight is 253 g/mol. The van der Waals surface area contributed by atoms with E-state index in [0.717, 1.165) is 39.0 Å². The molecule has 0 spiro atoms. The molecule has 1 aromatic heterocycles. The molecule has 1 aromatic carbocycles. The molecule has 4 N–H and O–H groups in total. The number of aryl methyl sites for hydroxylation is 2. The highest BCUT2D eigenvalue weighted by atomic mass is 14.7. The SMILES string of the molecule is C=C(C)/C(N)=C\c1nc2cc(N)c(C)cc2cc1C. The molecule has 1 heterocycles. The van der Waals surface area contributed by atoms with Crippen LogP contribution in [0.4, 0.5) is 5.69 Å². The summed E-state index contributed by atoms with van der Waals surface area (Å²) in [4.78, 5) is 4.62. The maximum absolute atomic E-state index is 5.93. The molecule has 0 aliphatic heterocycles. The van der Waals surface area contributed by atoms with Crippen molar-refractivity contribution in [2.45, 2.75) is 20.8 Å². The topological polar surface area (TPSA) is 64.9 Å². The quantitative estimate of drug-likeness (QED) is 0.637. The predicted octanol–water partition coefficient (Wildman–Crippen LogP) is 3.31. The summed E-state index contributed by atoms with van der Waals surface area (Å²) in [7, 11) is 0. The molecule has 3 nitrogen and oxygen atoms in total. The maximum Gasteiger partial charge on any atom is 0.0730 e. The fourth-order valence-corrected chi connectivity index (χ4v) is 1.89. The van der Waals surface area contributed by atoms with Gasteiger partial charge in [0.25, 0.3) is 0 Å². The summed E-state index contributed by atoms with van der Waals surface area (Å²) in [6.07, 6.45) is 1.85. The maximum atomic E-state index is 5.93. The molecule has 0 atom stereocenters. The third kappa shape index (κ3) is 2.60. The highest BCUT2D eigenvalue weighted by Gasteiger charge is 2.05. The Kier molecular flexibility index (Phi) is 3.30. The van der Waals surface area contributed by atoms with E-state index in [1.165, 1.54) is 0 Å². The first-order valence-corrected chi connectivity index (χ1v) is 6.19. The number of hydrogen-bond donors (Lipinski definition) is 2. The van der Waals surface area contributed by atoms with Gasteiger partial charge >= 0.3 is 0 Å². The number of hydrogen-bond acceptors (Lipinski definition) is 3. The van der Waals surface area contributed by atoms with Gasteiger partial charge in [-0.3, -0.25) is 0 Å². The van der Waals surface area contributed by atoms with Crippen LogP contribution in [-0.2, 0) is 0 Å². The number of allylic oxidation sites excluding steroid dienone is 1. The van der Waals surface area contributed by atoms with E-state index < -0.39 is 0 Å². The summed E-state index contributed by atoms with van der Waals surface area (Å²) in [6.45, 7) is 9.73. The van der Waals surface area contributed by atoms with Gasteiger partial charge in [0.2, 0.25) is 0 Å². The Bertz CT molecular complexity index is 697. The standard InChI is InChI=1S/C16H19N3/c1-9(2)13(17)7-15-11(4)6-12-5-10(3)14(18)8-16(12)19-15/h5-8H,1,17-18H2,2-4H3/b13-7+. The van der Waals surface area contributed by atoms with Gasteiger partial charge in [0, 0.05) is 16.8 Å². The molecule has 0 unspecified atom stereocenters. The minimum absolute atomic E-state index is 0.648. The van der Waals surface area contributed by atoms with Crippen molar-refractivity contribution in [1.82, 2.24) is 4.98 Å². The van der Waals surface area contributed by atoms with Crippen LogP contribution in [-0.4, -0.2) is 4.98 Å². The molecule has 0 aliphatic rings. The van der Waals surface area contributed by atoms with Crippen LogP contribution in [0.15, 0.2) is 36.0 Å². The van der Waals surface area contributed by atoms with Crippen LogP contribution in [0.3, 0.4) is 0 Å². The fourth-order valence-electron chi connectivity index (χ4n) is 1.89. The number of nitrogens with zero attached hydrogens (tertiary/aromatic N) is 1. The van der Waals surface area contributed by atoms with E-state index >= 15 is 0 Å². The van der Waals surface area contributed by atoms with Crippen LogP contribution >= 0.6 is 0 Å². The Labute approximate surface area is 113 Å². The van der Waals surface area contributed by atoms with Crippen molar-refractivity contribution in [1.29, 1.82) is 0 Å². The molecule has 0 radical (unpaired) electrons. The van der Waals surface area contributed by atoms with Gasteiger partial charge in [0.15, 0.2) is 0 Å². The molecule has 0 bridgehead atoms. The lowest BCUT2D eigenvalue weighted by Crippen LogP contribution is -1.99. The Balaban J connectivity index is 2.65. The minimum atomic E-state index is 0.648. The molecule has 0 saturated carbocycles. The first-order chi connectivity index (χ1) is 8.88. The number of anilines is 1. The summed E-state index contributed by atoms with van der Waals surface area (Å²) in [5.74, 6) is 0. The van der Waals surface area contributed by atoms with Crippen LogP contribution in [0, 0.1) is 13.8 Å². The van der Waals surface area contributed by atoms with Crippen molar-refractivity contribution in [3.63, 3.8) is 0 Å². The van der Waals surface area contributed by atoms with Gasteiger partial charge in [-0.15, -0.1) is 0 Å².